The quantitative estimate of drug-likeness (QED) is 0.184. The van der Waals surface area contributed by atoms with E-state index in [1.807, 2.05) is 6.07 Å². The van der Waals surface area contributed by atoms with Crippen LogP contribution in [0.3, 0.4) is 0 Å². The van der Waals surface area contributed by atoms with E-state index in [2.05, 4.69) is 159 Å². The van der Waals surface area contributed by atoms with Crippen LogP contribution < -0.4 is 30.8 Å². The molecule has 2 aliphatic heterocycles. The highest BCUT2D eigenvalue weighted by molar-refractivity contribution is 6.98. The van der Waals surface area contributed by atoms with Crippen molar-refractivity contribution in [1.82, 2.24) is 0 Å². The fourth-order valence-corrected chi connectivity index (χ4v) is 8.36. The van der Waals surface area contributed by atoms with Crippen LogP contribution in [0.2, 0.25) is 0 Å². The summed E-state index contributed by atoms with van der Waals surface area (Å²) in [6.07, 6.45) is 0. The van der Waals surface area contributed by atoms with Gasteiger partial charge in [0.1, 0.15) is 23.0 Å². The van der Waals surface area contributed by atoms with Crippen LogP contribution in [0, 0.1) is 6.92 Å². The molecule has 0 unspecified atom stereocenters. The Morgan fingerprint density at radius 3 is 1.85 bits per heavy atom. The van der Waals surface area contributed by atoms with Gasteiger partial charge in [0.05, 0.1) is 5.69 Å². The molecule has 48 heavy (non-hydrogen) atoms. The van der Waals surface area contributed by atoms with Crippen LogP contribution in [-0.4, -0.2) is 6.71 Å². The first-order valence-electron chi connectivity index (χ1n) is 16.7. The van der Waals surface area contributed by atoms with Crippen LogP contribution in [0.15, 0.2) is 140 Å². The number of para-hydroxylation sites is 2. The van der Waals surface area contributed by atoms with E-state index >= 15 is 0 Å². The van der Waals surface area contributed by atoms with Crippen LogP contribution in [0.5, 0.6) is 23.0 Å². The lowest BCUT2D eigenvalue weighted by Crippen LogP contribution is -2.57. The van der Waals surface area contributed by atoms with E-state index in [0.29, 0.717) is 0 Å². The van der Waals surface area contributed by atoms with Gasteiger partial charge in [-0.2, -0.15) is 0 Å². The molecule has 1 aliphatic carbocycles. The lowest BCUT2D eigenvalue weighted by molar-refractivity contribution is 0.464. The van der Waals surface area contributed by atoms with Gasteiger partial charge < -0.3 is 14.4 Å². The van der Waals surface area contributed by atoms with E-state index in [1.165, 1.54) is 55.2 Å². The molecular weight excluding hydrogens is 585 g/mol. The lowest BCUT2D eigenvalue weighted by atomic mass is 9.34. The molecule has 7 aromatic rings. The summed E-state index contributed by atoms with van der Waals surface area (Å²) in [4.78, 5) is 2.40. The topological polar surface area (TPSA) is 21.7 Å². The Hall–Kier alpha value is -5.74. The third-order valence-corrected chi connectivity index (χ3v) is 10.6. The van der Waals surface area contributed by atoms with Crippen LogP contribution in [0.25, 0.3) is 21.9 Å². The minimum absolute atomic E-state index is 0.0353. The highest BCUT2D eigenvalue weighted by Crippen LogP contribution is 2.55. The Kier molecular flexibility index (Phi) is 5.64. The van der Waals surface area contributed by atoms with Gasteiger partial charge in [-0.1, -0.05) is 98.8 Å². The first-order valence-corrected chi connectivity index (χ1v) is 16.7. The number of hydrogen-bond donors (Lipinski definition) is 0. The first kappa shape index (κ1) is 27.4. The smallest absolute Gasteiger partial charge is 0.260 e. The maximum absolute atomic E-state index is 6.77. The van der Waals surface area contributed by atoms with Crippen LogP contribution in [0.4, 0.5) is 17.1 Å². The van der Waals surface area contributed by atoms with E-state index in [1.54, 1.807) is 0 Å². The summed E-state index contributed by atoms with van der Waals surface area (Å²) in [6, 6.07) is 50.2. The Labute approximate surface area is 281 Å². The number of fused-ring (bicyclic) bond motifs is 9. The molecule has 0 saturated heterocycles. The fraction of sp³-hybridized carbons (Fsp3) is 0.0909. The molecule has 0 atom stereocenters. The molecule has 0 amide bonds. The Morgan fingerprint density at radius 1 is 0.542 bits per heavy atom. The van der Waals surface area contributed by atoms with Gasteiger partial charge in [-0.3, -0.25) is 0 Å². The monoisotopic (exact) mass is 617 g/mol. The van der Waals surface area contributed by atoms with Crippen molar-refractivity contribution in [1.29, 1.82) is 0 Å². The van der Waals surface area contributed by atoms with Crippen LogP contribution >= 0.6 is 0 Å². The van der Waals surface area contributed by atoms with Crippen molar-refractivity contribution in [3.8, 4) is 34.1 Å². The standard InChI is InChI=1S/C44H32BNO2/c1-27-21-22-35-40(23-27)47-38-19-12-20-39-43(38)45(35)36-25-33-32(24-41(36)48-39)42-31-18-11-10-17-30(31)37(26-34(42)44(33,2)3)46(28-13-6-4-7-14-28)29-15-8-5-9-16-29/h4-26H,1-3H3. The molecule has 0 aromatic heterocycles. The van der Waals surface area contributed by atoms with Gasteiger partial charge in [0.15, 0.2) is 0 Å². The maximum Gasteiger partial charge on any atom is 0.260 e. The summed E-state index contributed by atoms with van der Waals surface area (Å²) >= 11 is 0. The molecule has 0 bridgehead atoms. The third kappa shape index (κ3) is 3.77. The zero-order chi connectivity index (χ0) is 32.1. The number of rotatable bonds is 3. The first-order chi connectivity index (χ1) is 23.5. The van der Waals surface area contributed by atoms with Crippen molar-refractivity contribution < 1.29 is 9.47 Å². The molecule has 0 fully saturated rings. The molecule has 10 rings (SSSR count). The summed E-state index contributed by atoms with van der Waals surface area (Å²) < 4.78 is 13.2. The molecule has 0 N–H and O–H groups in total. The highest BCUT2D eigenvalue weighted by Gasteiger charge is 2.44. The van der Waals surface area contributed by atoms with Crippen molar-refractivity contribution in [2.45, 2.75) is 26.2 Å². The number of hydrogen-bond acceptors (Lipinski definition) is 3. The summed E-state index contributed by atoms with van der Waals surface area (Å²) in [6.45, 7) is 6.91. The van der Waals surface area contributed by atoms with Crippen molar-refractivity contribution >= 4 is 50.9 Å². The molecular formula is C44H32BNO2. The van der Waals surface area contributed by atoms with Gasteiger partial charge in [0.25, 0.3) is 6.71 Å². The molecule has 3 nitrogen and oxygen atoms in total. The normalized spacial score (nSPS) is 14.2. The highest BCUT2D eigenvalue weighted by atomic mass is 16.5. The van der Waals surface area contributed by atoms with Crippen molar-refractivity contribution in [3.05, 3.63) is 156 Å². The van der Waals surface area contributed by atoms with Crippen molar-refractivity contribution in [2.75, 3.05) is 4.90 Å². The molecule has 3 aliphatic rings. The third-order valence-electron chi connectivity index (χ3n) is 10.6. The maximum atomic E-state index is 6.77. The van der Waals surface area contributed by atoms with Gasteiger partial charge in [-0.05, 0) is 106 Å². The second kappa shape index (κ2) is 9.89. The molecule has 4 heteroatoms. The summed E-state index contributed by atoms with van der Waals surface area (Å²) in [5, 5.41) is 2.47. The zero-order valence-electron chi connectivity index (χ0n) is 27.1. The summed E-state index contributed by atoms with van der Waals surface area (Å²) in [5.41, 5.74) is 13.1. The molecule has 0 saturated carbocycles. The molecule has 228 valence electrons. The van der Waals surface area contributed by atoms with Crippen LogP contribution in [0.1, 0.15) is 30.5 Å². The van der Waals surface area contributed by atoms with Gasteiger partial charge in [0.2, 0.25) is 0 Å². The number of anilines is 3. The predicted octanol–water partition coefficient (Wildman–Crippen LogP) is 9.65. The molecule has 0 radical (unpaired) electrons. The van der Waals surface area contributed by atoms with Gasteiger partial charge in [-0.15, -0.1) is 0 Å². The SMILES string of the molecule is Cc1ccc2c(c1)Oc1cccc3c1B2c1cc2c(cc1O3)-c1c(cc(N(c3ccccc3)c3ccccc3)c3ccccc13)C2(C)C. The van der Waals surface area contributed by atoms with Crippen molar-refractivity contribution in [3.63, 3.8) is 0 Å². The Bertz CT molecular complexity index is 2410. The van der Waals surface area contributed by atoms with Crippen LogP contribution in [-0.2, 0) is 5.41 Å². The minimum Gasteiger partial charge on any atom is -0.458 e. The van der Waals surface area contributed by atoms with Gasteiger partial charge >= 0.3 is 0 Å². The van der Waals surface area contributed by atoms with Gasteiger partial charge in [0, 0.05) is 27.6 Å². The van der Waals surface area contributed by atoms with E-state index in [4.69, 9.17) is 9.47 Å². The Balaban J connectivity index is 1.23. The number of ether oxygens (including phenoxy) is 2. The van der Waals surface area contributed by atoms with E-state index in [0.717, 1.165) is 39.8 Å². The molecule has 7 aromatic carbocycles. The average Bonchev–Trinajstić information content (AvgIpc) is 3.33. The molecule has 2 heterocycles. The van der Waals surface area contributed by atoms with E-state index in [-0.39, 0.29) is 12.1 Å². The lowest BCUT2D eigenvalue weighted by Gasteiger charge is -2.34. The average molecular weight is 618 g/mol. The summed E-state index contributed by atoms with van der Waals surface area (Å²) in [7, 11) is 0. The number of benzene rings is 7. The van der Waals surface area contributed by atoms with E-state index in [9.17, 15) is 0 Å². The number of aryl methyl sites for hydroxylation is 1. The summed E-state index contributed by atoms with van der Waals surface area (Å²) in [5.74, 6) is 3.60. The predicted molar refractivity (Wildman–Crippen MR) is 199 cm³/mol. The molecule has 0 spiro atoms. The minimum atomic E-state index is -0.251. The van der Waals surface area contributed by atoms with E-state index < -0.39 is 0 Å². The number of nitrogens with zero attached hydrogens (tertiary/aromatic N) is 1. The second-order valence-electron chi connectivity index (χ2n) is 13.8. The van der Waals surface area contributed by atoms with Crippen molar-refractivity contribution in [2.24, 2.45) is 0 Å². The largest absolute Gasteiger partial charge is 0.458 e. The van der Waals surface area contributed by atoms with Gasteiger partial charge in [-0.25, -0.2) is 0 Å². The second-order valence-corrected chi connectivity index (χ2v) is 13.8. The Morgan fingerprint density at radius 2 is 1.17 bits per heavy atom. The zero-order valence-corrected chi connectivity index (χ0v) is 27.1. The fourth-order valence-electron chi connectivity index (χ4n) is 8.36.